The van der Waals surface area contributed by atoms with E-state index < -0.39 is 5.97 Å². The van der Waals surface area contributed by atoms with Crippen molar-refractivity contribution >= 4 is 71.2 Å². The van der Waals surface area contributed by atoms with E-state index in [-0.39, 0.29) is 64.7 Å². The molecule has 4 heteroatoms. The Morgan fingerprint density at radius 1 is 1.25 bits per heavy atom. The minimum absolute atomic E-state index is 0. The molecule has 1 aromatic rings. The van der Waals surface area contributed by atoms with Crippen molar-refractivity contribution in [3.05, 3.63) is 54.6 Å². The molecule has 0 fully saturated rings. The van der Waals surface area contributed by atoms with E-state index in [1.807, 2.05) is 36.4 Å². The zero-order valence-corrected chi connectivity index (χ0v) is 8.23. The van der Waals surface area contributed by atoms with Crippen molar-refractivity contribution in [2.75, 3.05) is 0 Å². The summed E-state index contributed by atoms with van der Waals surface area (Å²) in [5.41, 5.74) is 1.35. The van der Waals surface area contributed by atoms with Gasteiger partial charge in [0.2, 0.25) is 0 Å². The molecule has 78 valence electrons. The second-order valence-corrected chi connectivity index (χ2v) is 2.70. The molecule has 0 amide bonds. The van der Waals surface area contributed by atoms with Gasteiger partial charge >= 0.3 is 65.1 Å². The van der Waals surface area contributed by atoms with Crippen LogP contribution in [0, 0.1) is 0 Å². The summed E-state index contributed by atoms with van der Waals surface area (Å²) in [5, 5.41) is 7.89. The molecule has 0 unspecified atom stereocenters. The summed E-state index contributed by atoms with van der Waals surface area (Å²) in [6.07, 6.45) is 1.83. The third kappa shape index (κ3) is 12.2. The average molecular weight is 238 g/mol. The number of carboxylic acid groups (broad SMARTS) is 1. The molecule has 0 aliphatic rings. The molecule has 0 aliphatic heterocycles. The summed E-state index contributed by atoms with van der Waals surface area (Å²) in [7, 11) is 0. The van der Waals surface area contributed by atoms with Crippen LogP contribution in [0.1, 0.15) is 12.5 Å². The summed E-state index contributed by atoms with van der Waals surface area (Å²) in [4.78, 5) is 9.60. The minimum atomic E-state index is -0.935. The van der Waals surface area contributed by atoms with Crippen molar-refractivity contribution < 1.29 is 9.90 Å². The molecule has 0 spiro atoms. The molecule has 0 saturated heterocycles. The molecule has 0 heterocycles. The first-order valence-electron chi connectivity index (χ1n) is 4.14. The van der Waals surface area contributed by atoms with Crippen LogP contribution >= 0.6 is 0 Å². The number of aliphatic carboxylic acids is 1. The second-order valence-electron chi connectivity index (χ2n) is 2.70. The number of hydrogen-bond acceptors (Lipinski definition) is 1. The van der Waals surface area contributed by atoms with E-state index >= 15 is 0 Å². The van der Waals surface area contributed by atoms with Gasteiger partial charge in [0.05, 0.1) is 0 Å². The van der Waals surface area contributed by atoms with E-state index in [1.54, 1.807) is 0 Å². The molecular formula is C12H16Na2O2. The van der Waals surface area contributed by atoms with Gasteiger partial charge in [0.15, 0.2) is 0 Å². The van der Waals surface area contributed by atoms with Crippen LogP contribution in [-0.4, -0.2) is 70.2 Å². The summed E-state index contributed by atoms with van der Waals surface area (Å²) in [6, 6.07) is 10.0. The fourth-order valence-corrected chi connectivity index (χ4v) is 0.589. The Bertz CT molecular complexity index is 309. The number of benzene rings is 1. The van der Waals surface area contributed by atoms with E-state index in [4.69, 9.17) is 5.11 Å². The van der Waals surface area contributed by atoms with E-state index in [0.29, 0.717) is 0 Å². The Kier molecular flexibility index (Phi) is 17.7. The van der Waals surface area contributed by atoms with Gasteiger partial charge in [0, 0.05) is 5.57 Å². The number of carboxylic acids is 1. The zero-order valence-electron chi connectivity index (χ0n) is 8.23. The molecule has 1 rings (SSSR count). The molecule has 16 heavy (non-hydrogen) atoms. The van der Waals surface area contributed by atoms with Crippen molar-refractivity contribution in [2.45, 2.75) is 6.92 Å². The van der Waals surface area contributed by atoms with Crippen molar-refractivity contribution in [1.29, 1.82) is 0 Å². The summed E-state index contributed by atoms with van der Waals surface area (Å²) < 4.78 is 0. The van der Waals surface area contributed by atoms with Gasteiger partial charge in [-0.3, -0.25) is 0 Å². The molecule has 0 radical (unpaired) electrons. The van der Waals surface area contributed by atoms with Gasteiger partial charge in [-0.15, -0.1) is 0 Å². The normalized spacial score (nSPS) is 7.06. The first-order valence-corrected chi connectivity index (χ1v) is 4.14. The second kappa shape index (κ2) is 13.2. The number of hydrogen-bond donors (Lipinski definition) is 1. The van der Waals surface area contributed by atoms with Crippen molar-refractivity contribution in [3.63, 3.8) is 0 Å². The molecule has 0 aliphatic carbocycles. The molecular weight excluding hydrogens is 222 g/mol. The van der Waals surface area contributed by atoms with Crippen LogP contribution in [0.2, 0.25) is 0 Å². The van der Waals surface area contributed by atoms with Crippen LogP contribution in [-0.2, 0) is 4.79 Å². The van der Waals surface area contributed by atoms with Crippen LogP contribution in [0.5, 0.6) is 0 Å². The molecule has 2 nitrogen and oxygen atoms in total. The predicted molar refractivity (Wildman–Crippen MR) is 73.3 cm³/mol. The Balaban J connectivity index is -0.000000195. The Morgan fingerprint density at radius 3 is 1.81 bits per heavy atom. The summed E-state index contributed by atoms with van der Waals surface area (Å²) in [6.45, 7) is 8.23. The Morgan fingerprint density at radius 2 is 1.62 bits per heavy atom. The summed E-state index contributed by atoms with van der Waals surface area (Å²) >= 11 is 0. The third-order valence-electron chi connectivity index (χ3n) is 1.40. The molecule has 0 aromatic heterocycles. The van der Waals surface area contributed by atoms with Crippen LogP contribution in [0.3, 0.4) is 0 Å². The van der Waals surface area contributed by atoms with Gasteiger partial charge in [-0.1, -0.05) is 49.6 Å². The molecule has 1 aromatic carbocycles. The number of carbonyl (C=O) groups is 1. The van der Waals surface area contributed by atoms with Crippen LogP contribution < -0.4 is 0 Å². The SMILES string of the molecule is C=C(C)C(=O)O.C=Cc1ccccc1.[NaH].[NaH]. The molecule has 1 N–H and O–H groups in total. The van der Waals surface area contributed by atoms with Crippen LogP contribution in [0.15, 0.2) is 49.1 Å². The fraction of sp³-hybridized carbons (Fsp3) is 0.0833. The van der Waals surface area contributed by atoms with Gasteiger partial charge in [-0.05, 0) is 12.5 Å². The van der Waals surface area contributed by atoms with Crippen molar-refractivity contribution in [3.8, 4) is 0 Å². The van der Waals surface area contributed by atoms with Crippen LogP contribution in [0.4, 0.5) is 0 Å². The Labute approximate surface area is 141 Å². The summed E-state index contributed by atoms with van der Waals surface area (Å²) in [5.74, 6) is -0.935. The van der Waals surface area contributed by atoms with Gasteiger partial charge in [0.1, 0.15) is 0 Å². The first kappa shape index (κ1) is 21.5. The van der Waals surface area contributed by atoms with Gasteiger partial charge in [-0.2, -0.15) is 0 Å². The molecule has 0 saturated carbocycles. The van der Waals surface area contributed by atoms with Crippen LogP contribution in [0.25, 0.3) is 6.08 Å². The monoisotopic (exact) mass is 238 g/mol. The van der Waals surface area contributed by atoms with Gasteiger partial charge < -0.3 is 5.11 Å². The zero-order chi connectivity index (χ0) is 11.0. The van der Waals surface area contributed by atoms with Crippen molar-refractivity contribution in [2.24, 2.45) is 0 Å². The molecule has 0 atom stereocenters. The van der Waals surface area contributed by atoms with E-state index in [1.165, 1.54) is 12.5 Å². The number of rotatable bonds is 2. The molecule has 0 bridgehead atoms. The maximum atomic E-state index is 9.60. The quantitative estimate of drug-likeness (QED) is 0.628. The first-order chi connectivity index (χ1) is 6.57. The van der Waals surface area contributed by atoms with E-state index in [9.17, 15) is 4.79 Å². The fourth-order valence-electron chi connectivity index (χ4n) is 0.589. The predicted octanol–water partition coefficient (Wildman–Crippen LogP) is 1.68. The van der Waals surface area contributed by atoms with Crippen molar-refractivity contribution in [1.82, 2.24) is 0 Å². The third-order valence-corrected chi connectivity index (χ3v) is 1.40. The van der Waals surface area contributed by atoms with Gasteiger partial charge in [-0.25, -0.2) is 4.79 Å². The topological polar surface area (TPSA) is 37.3 Å². The standard InChI is InChI=1S/C8H8.C4H6O2.2Na.2H/c1-2-8-6-4-3-5-7-8;1-3(2)4(5)6;;;;/h2-7H,1H2;1H2,2H3,(H,5,6);;;;. The maximum absolute atomic E-state index is 9.60. The van der Waals surface area contributed by atoms with E-state index in [2.05, 4.69) is 13.2 Å². The Hall–Kier alpha value is 0.170. The average Bonchev–Trinajstić information content (AvgIpc) is 2.20. The van der Waals surface area contributed by atoms with Gasteiger partial charge in [0.25, 0.3) is 0 Å². The van der Waals surface area contributed by atoms with E-state index in [0.717, 1.165) is 0 Å².